The predicted molar refractivity (Wildman–Crippen MR) is 190 cm³/mol. The molecular weight excluding hydrogens is 734 g/mol. The Morgan fingerprint density at radius 2 is 1.52 bits per heavy atom. The predicted octanol–water partition coefficient (Wildman–Crippen LogP) is -5.31. The Bertz CT molecular complexity index is 1500. The fourth-order valence-corrected chi connectivity index (χ4v) is 5.82. The first kappa shape index (κ1) is 44.9. The second-order valence-corrected chi connectivity index (χ2v) is 13.4. The summed E-state index contributed by atoms with van der Waals surface area (Å²) in [6.45, 7) is -1.45. The van der Waals surface area contributed by atoms with Gasteiger partial charge in [-0.15, -0.1) is 0 Å². The van der Waals surface area contributed by atoms with Crippen molar-refractivity contribution in [2.75, 3.05) is 31.7 Å². The Morgan fingerprint density at radius 3 is 2.11 bits per heavy atom. The molecule has 22 nitrogen and oxygen atoms in total. The molecule has 1 aliphatic heterocycles. The van der Waals surface area contributed by atoms with E-state index in [2.05, 4.69) is 36.6 Å². The van der Waals surface area contributed by atoms with Gasteiger partial charge in [-0.25, -0.2) is 9.78 Å². The molecule has 2 rings (SSSR count). The van der Waals surface area contributed by atoms with E-state index < -0.39 is 103 Å². The lowest BCUT2D eigenvalue weighted by Gasteiger charge is -2.28. The molecule has 2 heterocycles. The van der Waals surface area contributed by atoms with E-state index >= 15 is 0 Å². The zero-order valence-electron chi connectivity index (χ0n) is 29.7. The number of H-pyrrole nitrogens is 1. The highest BCUT2D eigenvalue weighted by molar-refractivity contribution is 7.98. The number of carbonyl (C=O) groups is 9. The van der Waals surface area contributed by atoms with E-state index in [-0.39, 0.29) is 51.5 Å². The molecular formula is C31H49N11O11S. The monoisotopic (exact) mass is 783 g/mol. The van der Waals surface area contributed by atoms with Crippen LogP contribution in [0.1, 0.15) is 50.6 Å². The van der Waals surface area contributed by atoms with Crippen molar-refractivity contribution in [3.05, 3.63) is 18.2 Å². The summed E-state index contributed by atoms with van der Waals surface area (Å²) in [5.41, 5.74) is 16.4. The quantitative estimate of drug-likeness (QED) is 0.0467. The van der Waals surface area contributed by atoms with Crippen molar-refractivity contribution in [3.8, 4) is 0 Å². The minimum atomic E-state index is -1.60. The number of hydrogen-bond donors (Lipinski definition) is 11. The van der Waals surface area contributed by atoms with Crippen LogP contribution in [-0.2, 0) is 49.6 Å². The minimum absolute atomic E-state index is 0.116. The molecule has 14 N–H and O–H groups in total. The summed E-state index contributed by atoms with van der Waals surface area (Å²) < 4.78 is 0. The van der Waals surface area contributed by atoms with Crippen LogP contribution in [0.4, 0.5) is 0 Å². The van der Waals surface area contributed by atoms with Crippen LogP contribution in [0, 0.1) is 0 Å². The standard InChI is InChI=1S/C31H49N11O11S/c1-54-10-8-19(30(51)42-9-2-3-22(42)31(52)53)40-29(50)21(14-43)41-28(49)20(11-16-12-35-15-37-16)38-25(46)13-36-27(48)18(5-7-24(34)45)39-26(47)17(32)4-6-23(33)44/h12,15,17-22,43H,2-11,13-14,32H2,1H3,(H2,33,44)(H2,34,45)(H,35,37)(H,36,48)(H,38,46)(H,39,47)(H,40,50)(H,41,49)(H,52,53)/t17-,18-,19-,20-,21-,22-/m0/s1. The number of aromatic nitrogens is 2. The van der Waals surface area contributed by atoms with Crippen molar-refractivity contribution < 1.29 is 53.4 Å². The average Bonchev–Trinajstić information content (AvgIpc) is 3.84. The number of nitrogens with one attached hydrogen (secondary N) is 6. The summed E-state index contributed by atoms with van der Waals surface area (Å²) >= 11 is 1.39. The number of aromatic amines is 1. The van der Waals surface area contributed by atoms with Gasteiger partial charge in [-0.3, -0.25) is 38.4 Å². The summed E-state index contributed by atoms with van der Waals surface area (Å²) in [5.74, 6) is -7.33. The van der Waals surface area contributed by atoms with Crippen LogP contribution in [0.25, 0.3) is 0 Å². The van der Waals surface area contributed by atoms with E-state index in [1.54, 1.807) is 6.26 Å². The Balaban J connectivity index is 2.13. The van der Waals surface area contributed by atoms with E-state index in [0.29, 0.717) is 17.9 Å². The van der Waals surface area contributed by atoms with Gasteiger partial charge in [-0.2, -0.15) is 11.8 Å². The molecule has 0 aliphatic carbocycles. The molecule has 8 amide bonds. The first-order valence-electron chi connectivity index (χ1n) is 17.0. The number of carboxylic acids is 1. The number of aliphatic carboxylic acids is 1. The number of hydrogen-bond acceptors (Lipinski definition) is 13. The molecule has 0 aromatic carbocycles. The van der Waals surface area contributed by atoms with E-state index in [1.165, 1.54) is 29.2 Å². The van der Waals surface area contributed by atoms with Crippen molar-refractivity contribution in [2.45, 2.75) is 87.6 Å². The van der Waals surface area contributed by atoms with Crippen LogP contribution >= 0.6 is 11.8 Å². The normalized spacial score (nSPS) is 16.5. The number of nitrogens with two attached hydrogens (primary N) is 3. The fraction of sp³-hybridized carbons (Fsp3) is 0.613. The molecule has 0 saturated carbocycles. The zero-order chi connectivity index (χ0) is 40.4. The van der Waals surface area contributed by atoms with E-state index in [1.807, 2.05) is 0 Å². The average molecular weight is 784 g/mol. The molecule has 0 spiro atoms. The van der Waals surface area contributed by atoms with Gasteiger partial charge in [-0.05, 0) is 44.1 Å². The van der Waals surface area contributed by atoms with Crippen molar-refractivity contribution in [1.82, 2.24) is 41.5 Å². The number of thioether (sulfide) groups is 1. The third kappa shape index (κ3) is 15.0. The summed E-state index contributed by atoms with van der Waals surface area (Å²) in [4.78, 5) is 120. The number of aliphatic hydroxyl groups excluding tert-OH is 1. The number of primary amides is 2. The lowest BCUT2D eigenvalue weighted by atomic mass is 10.1. The molecule has 54 heavy (non-hydrogen) atoms. The number of amides is 8. The van der Waals surface area contributed by atoms with Gasteiger partial charge in [0.05, 0.1) is 25.5 Å². The van der Waals surface area contributed by atoms with Crippen molar-refractivity contribution >= 4 is 65.0 Å². The molecule has 1 fully saturated rings. The Morgan fingerprint density at radius 1 is 0.889 bits per heavy atom. The maximum absolute atomic E-state index is 13.5. The van der Waals surface area contributed by atoms with Gasteiger partial charge in [0.15, 0.2) is 0 Å². The van der Waals surface area contributed by atoms with Crippen LogP contribution in [0.2, 0.25) is 0 Å². The van der Waals surface area contributed by atoms with Gasteiger partial charge in [0.2, 0.25) is 47.3 Å². The highest BCUT2D eigenvalue weighted by Gasteiger charge is 2.38. The molecule has 1 saturated heterocycles. The smallest absolute Gasteiger partial charge is 0.326 e. The van der Waals surface area contributed by atoms with Gasteiger partial charge >= 0.3 is 5.97 Å². The molecule has 0 radical (unpaired) electrons. The highest BCUT2D eigenvalue weighted by Crippen LogP contribution is 2.20. The van der Waals surface area contributed by atoms with Gasteiger partial charge in [0, 0.05) is 37.7 Å². The molecule has 300 valence electrons. The third-order valence-electron chi connectivity index (χ3n) is 8.27. The van der Waals surface area contributed by atoms with Crippen LogP contribution in [-0.4, -0.2) is 146 Å². The first-order chi connectivity index (χ1) is 25.6. The van der Waals surface area contributed by atoms with Crippen molar-refractivity contribution in [1.29, 1.82) is 0 Å². The van der Waals surface area contributed by atoms with E-state index in [0.717, 1.165) is 0 Å². The van der Waals surface area contributed by atoms with E-state index in [4.69, 9.17) is 17.2 Å². The number of likely N-dealkylation sites (tertiary alicyclic amines) is 1. The second-order valence-electron chi connectivity index (χ2n) is 12.4. The largest absolute Gasteiger partial charge is 0.480 e. The molecule has 0 bridgehead atoms. The lowest BCUT2D eigenvalue weighted by Crippen LogP contribution is -2.59. The molecule has 6 atom stereocenters. The number of carbonyl (C=O) groups excluding carboxylic acids is 8. The molecule has 23 heteroatoms. The second kappa shape index (κ2) is 22.7. The van der Waals surface area contributed by atoms with Gasteiger partial charge in [-0.1, -0.05) is 0 Å². The Kier molecular flexibility index (Phi) is 18.9. The summed E-state index contributed by atoms with van der Waals surface area (Å²) in [7, 11) is 0. The maximum Gasteiger partial charge on any atom is 0.326 e. The van der Waals surface area contributed by atoms with Crippen LogP contribution in [0.15, 0.2) is 12.5 Å². The SMILES string of the molecule is CSCC[C@H](NC(=O)[C@H](CO)NC(=O)[C@H](Cc1cnc[nH]1)NC(=O)CNC(=O)[C@H](CCC(N)=O)NC(=O)[C@@H](N)CCC(N)=O)C(=O)N1CCC[C@H]1C(=O)O. The van der Waals surface area contributed by atoms with Crippen molar-refractivity contribution in [3.63, 3.8) is 0 Å². The Hall–Kier alpha value is -5.29. The number of aliphatic hydroxyl groups is 1. The van der Waals surface area contributed by atoms with Gasteiger partial charge in [0.1, 0.15) is 30.2 Å². The van der Waals surface area contributed by atoms with Crippen molar-refractivity contribution in [2.24, 2.45) is 17.2 Å². The highest BCUT2D eigenvalue weighted by atomic mass is 32.2. The molecule has 0 unspecified atom stereocenters. The minimum Gasteiger partial charge on any atom is -0.480 e. The van der Waals surface area contributed by atoms with Gasteiger partial charge < -0.3 is 63.9 Å². The number of imidazole rings is 1. The van der Waals surface area contributed by atoms with Crippen LogP contribution in [0.3, 0.4) is 0 Å². The molecule has 1 aromatic heterocycles. The maximum atomic E-state index is 13.5. The third-order valence-corrected chi connectivity index (χ3v) is 8.91. The fourth-order valence-electron chi connectivity index (χ4n) is 5.34. The molecule has 1 aromatic rings. The zero-order valence-corrected chi connectivity index (χ0v) is 30.5. The summed E-state index contributed by atoms with van der Waals surface area (Å²) in [5, 5.41) is 31.5. The van der Waals surface area contributed by atoms with Crippen LogP contribution in [0.5, 0.6) is 0 Å². The number of carboxylic acid groups (broad SMARTS) is 1. The summed E-state index contributed by atoms with van der Waals surface area (Å²) in [6, 6.07) is -7.78. The van der Waals surface area contributed by atoms with Gasteiger partial charge in [0.25, 0.3) is 0 Å². The summed E-state index contributed by atoms with van der Waals surface area (Å²) in [6.07, 6.45) is 4.25. The van der Waals surface area contributed by atoms with E-state index in [9.17, 15) is 53.4 Å². The number of nitrogens with zero attached hydrogens (tertiary/aromatic N) is 2. The number of rotatable bonds is 24. The molecule has 1 aliphatic rings. The topological polar surface area (TPSA) is 364 Å². The van der Waals surface area contributed by atoms with Crippen LogP contribution < -0.4 is 43.8 Å². The first-order valence-corrected chi connectivity index (χ1v) is 18.4. The Labute approximate surface area is 314 Å². The lowest BCUT2D eigenvalue weighted by molar-refractivity contribution is -0.149.